The van der Waals surface area contributed by atoms with Crippen molar-refractivity contribution in [3.05, 3.63) is 30.1 Å². The molecule has 0 fully saturated rings. The Kier molecular flexibility index (Phi) is 3.85. The maximum atomic E-state index is 12.4. The van der Waals surface area contributed by atoms with Gasteiger partial charge in [0.15, 0.2) is 5.82 Å². The zero-order chi connectivity index (χ0) is 15.7. The van der Waals surface area contributed by atoms with Crippen LogP contribution in [0.2, 0.25) is 0 Å². The first-order chi connectivity index (χ1) is 9.72. The molecule has 0 aliphatic heterocycles. The number of sulfone groups is 1. The Morgan fingerprint density at radius 2 is 1.86 bits per heavy atom. The topological polar surface area (TPSA) is 101 Å². The number of alkyl halides is 3. The molecule has 1 atom stereocenters. The molecule has 0 saturated heterocycles. The molecule has 1 aromatic carbocycles. The van der Waals surface area contributed by atoms with E-state index in [-0.39, 0.29) is 6.04 Å². The van der Waals surface area contributed by atoms with Crippen molar-refractivity contribution in [3.63, 3.8) is 0 Å². The lowest BCUT2D eigenvalue weighted by Gasteiger charge is -2.12. The van der Waals surface area contributed by atoms with Crippen LogP contribution in [0.5, 0.6) is 0 Å². The summed E-state index contributed by atoms with van der Waals surface area (Å²) in [6.07, 6.45) is 0. The number of aromatic nitrogens is 4. The number of nitrogens with zero attached hydrogens (tertiary/aromatic N) is 3. The van der Waals surface area contributed by atoms with Gasteiger partial charge in [0.1, 0.15) is 0 Å². The SMILES string of the molecule is CC(Nc1ccc(S(=O)(=O)C(F)(F)F)cc1)c1nn[nH]n1. The minimum atomic E-state index is -5.33. The first-order valence-electron chi connectivity index (χ1n) is 5.63. The van der Waals surface area contributed by atoms with Gasteiger partial charge in [0, 0.05) is 5.69 Å². The molecule has 2 N–H and O–H groups in total. The number of hydrogen-bond acceptors (Lipinski definition) is 6. The second-order valence-corrected chi connectivity index (χ2v) is 6.05. The van der Waals surface area contributed by atoms with Crippen molar-refractivity contribution in [1.82, 2.24) is 20.6 Å². The van der Waals surface area contributed by atoms with Gasteiger partial charge >= 0.3 is 5.51 Å². The van der Waals surface area contributed by atoms with Crippen LogP contribution in [0.1, 0.15) is 18.8 Å². The smallest absolute Gasteiger partial charge is 0.375 e. The molecule has 21 heavy (non-hydrogen) atoms. The second kappa shape index (κ2) is 5.31. The summed E-state index contributed by atoms with van der Waals surface area (Å²) < 4.78 is 59.5. The Morgan fingerprint density at radius 3 is 2.33 bits per heavy atom. The normalized spacial score (nSPS) is 13.9. The van der Waals surface area contributed by atoms with Crippen LogP contribution in [0.25, 0.3) is 0 Å². The molecule has 2 aromatic rings. The van der Waals surface area contributed by atoms with Gasteiger partial charge in [0.2, 0.25) is 0 Å². The molecule has 7 nitrogen and oxygen atoms in total. The highest BCUT2D eigenvalue weighted by atomic mass is 32.2. The fourth-order valence-electron chi connectivity index (χ4n) is 1.53. The number of hydrogen-bond donors (Lipinski definition) is 2. The van der Waals surface area contributed by atoms with Crippen LogP contribution in [0.4, 0.5) is 18.9 Å². The molecule has 0 aliphatic carbocycles. The summed E-state index contributed by atoms with van der Waals surface area (Å²) in [6.45, 7) is 1.71. The number of rotatable bonds is 4. The van der Waals surface area contributed by atoms with Crippen LogP contribution in [0, 0.1) is 0 Å². The van der Waals surface area contributed by atoms with Crippen molar-refractivity contribution >= 4 is 15.5 Å². The van der Waals surface area contributed by atoms with Crippen LogP contribution in [0.3, 0.4) is 0 Å². The third-order valence-electron chi connectivity index (χ3n) is 2.60. The van der Waals surface area contributed by atoms with Gasteiger partial charge in [-0.05, 0) is 31.2 Å². The van der Waals surface area contributed by atoms with E-state index >= 15 is 0 Å². The Bertz CT molecular complexity index is 697. The largest absolute Gasteiger partial charge is 0.501 e. The van der Waals surface area contributed by atoms with Gasteiger partial charge < -0.3 is 5.32 Å². The van der Waals surface area contributed by atoms with E-state index < -0.39 is 20.2 Å². The van der Waals surface area contributed by atoms with Crippen molar-refractivity contribution in [2.75, 3.05) is 5.32 Å². The van der Waals surface area contributed by atoms with E-state index in [1.165, 1.54) is 12.1 Å². The van der Waals surface area contributed by atoms with E-state index in [0.29, 0.717) is 11.5 Å². The molecule has 2 rings (SSSR count). The molecule has 0 radical (unpaired) electrons. The van der Waals surface area contributed by atoms with E-state index in [4.69, 9.17) is 0 Å². The molecule has 1 aromatic heterocycles. The molecule has 1 unspecified atom stereocenters. The van der Waals surface area contributed by atoms with Crippen molar-refractivity contribution < 1.29 is 21.6 Å². The first kappa shape index (κ1) is 15.2. The number of H-pyrrole nitrogens is 1. The van der Waals surface area contributed by atoms with E-state index in [2.05, 4.69) is 25.9 Å². The van der Waals surface area contributed by atoms with Crippen LogP contribution >= 0.6 is 0 Å². The fraction of sp³-hybridized carbons (Fsp3) is 0.300. The Hall–Kier alpha value is -2.17. The van der Waals surface area contributed by atoms with Crippen molar-refractivity contribution in [3.8, 4) is 0 Å². The lowest BCUT2D eigenvalue weighted by Crippen LogP contribution is -2.23. The predicted octanol–water partition coefficient (Wildman–Crippen LogP) is 1.67. The maximum absolute atomic E-state index is 12.4. The summed E-state index contributed by atoms with van der Waals surface area (Å²) in [6, 6.07) is 3.88. The van der Waals surface area contributed by atoms with Gasteiger partial charge in [0.05, 0.1) is 10.9 Å². The predicted molar refractivity (Wildman–Crippen MR) is 65.9 cm³/mol. The zero-order valence-electron chi connectivity index (χ0n) is 10.6. The number of nitrogens with one attached hydrogen (secondary N) is 2. The first-order valence-corrected chi connectivity index (χ1v) is 7.11. The van der Waals surface area contributed by atoms with Crippen molar-refractivity contribution in [2.45, 2.75) is 23.4 Å². The van der Waals surface area contributed by atoms with Gasteiger partial charge in [-0.3, -0.25) is 0 Å². The Labute approximate surface area is 117 Å². The van der Waals surface area contributed by atoms with Gasteiger partial charge in [0.25, 0.3) is 9.84 Å². The van der Waals surface area contributed by atoms with E-state index in [9.17, 15) is 21.6 Å². The standard InChI is InChI=1S/C10H10F3N5O2S/c1-6(9-15-17-18-16-9)14-7-2-4-8(5-3-7)21(19,20)10(11,12)13/h2-6,14H,1H3,(H,15,16,17,18). The summed E-state index contributed by atoms with van der Waals surface area (Å²) in [7, 11) is -5.33. The van der Waals surface area contributed by atoms with Gasteiger partial charge in [-0.1, -0.05) is 5.21 Å². The van der Waals surface area contributed by atoms with E-state index in [0.717, 1.165) is 12.1 Å². The quantitative estimate of drug-likeness (QED) is 0.888. The highest BCUT2D eigenvalue weighted by molar-refractivity contribution is 7.92. The van der Waals surface area contributed by atoms with Gasteiger partial charge in [-0.2, -0.15) is 18.4 Å². The number of aromatic amines is 1. The Morgan fingerprint density at radius 1 is 1.24 bits per heavy atom. The van der Waals surface area contributed by atoms with Gasteiger partial charge in [-0.15, -0.1) is 10.2 Å². The molecule has 0 spiro atoms. The third kappa shape index (κ3) is 3.12. The van der Waals surface area contributed by atoms with Crippen LogP contribution in [-0.2, 0) is 9.84 Å². The molecular weight excluding hydrogens is 311 g/mol. The highest BCUT2D eigenvalue weighted by Gasteiger charge is 2.46. The van der Waals surface area contributed by atoms with Crippen molar-refractivity contribution in [2.24, 2.45) is 0 Å². The minimum Gasteiger partial charge on any atom is -0.375 e. The molecular formula is C10H10F3N5O2S. The highest BCUT2D eigenvalue weighted by Crippen LogP contribution is 2.30. The lowest BCUT2D eigenvalue weighted by atomic mass is 10.2. The number of tetrazole rings is 1. The number of benzene rings is 1. The third-order valence-corrected chi connectivity index (χ3v) is 4.10. The molecule has 11 heteroatoms. The number of halogens is 3. The van der Waals surface area contributed by atoms with Crippen LogP contribution in [-0.4, -0.2) is 34.6 Å². The minimum absolute atomic E-state index is 0.353. The average Bonchev–Trinajstić information content (AvgIpc) is 2.92. The zero-order valence-corrected chi connectivity index (χ0v) is 11.4. The Balaban J connectivity index is 2.17. The van der Waals surface area contributed by atoms with Crippen molar-refractivity contribution in [1.29, 1.82) is 0 Å². The fourth-order valence-corrected chi connectivity index (χ4v) is 2.29. The molecule has 0 bridgehead atoms. The maximum Gasteiger partial charge on any atom is 0.501 e. The molecule has 0 amide bonds. The monoisotopic (exact) mass is 321 g/mol. The summed E-state index contributed by atoms with van der Waals surface area (Å²) in [5.74, 6) is 0.363. The molecule has 0 saturated carbocycles. The van der Waals surface area contributed by atoms with Crippen LogP contribution in [0.15, 0.2) is 29.2 Å². The number of anilines is 1. The molecule has 1 heterocycles. The molecule has 114 valence electrons. The average molecular weight is 321 g/mol. The summed E-state index contributed by atoms with van der Waals surface area (Å²) >= 11 is 0. The van der Waals surface area contributed by atoms with E-state index in [1.807, 2.05) is 0 Å². The van der Waals surface area contributed by atoms with Crippen LogP contribution < -0.4 is 5.32 Å². The molecule has 0 aliphatic rings. The lowest BCUT2D eigenvalue weighted by molar-refractivity contribution is -0.0436. The van der Waals surface area contributed by atoms with Gasteiger partial charge in [-0.25, -0.2) is 8.42 Å². The summed E-state index contributed by atoms with van der Waals surface area (Å²) in [4.78, 5) is -0.812. The van der Waals surface area contributed by atoms with E-state index in [1.54, 1.807) is 6.92 Å². The summed E-state index contributed by atoms with van der Waals surface area (Å²) in [5, 5.41) is 16.0. The second-order valence-electron chi connectivity index (χ2n) is 4.11. The summed E-state index contributed by atoms with van der Waals surface area (Å²) in [5.41, 5.74) is -4.90.